The van der Waals surface area contributed by atoms with E-state index >= 15 is 0 Å². The van der Waals surface area contributed by atoms with Gasteiger partial charge >= 0.3 is 10.1 Å². The molecule has 0 unspecified atom stereocenters. The zero-order valence-electron chi connectivity index (χ0n) is 15.7. The van der Waals surface area contributed by atoms with Crippen molar-refractivity contribution in [2.75, 3.05) is 11.4 Å². The van der Waals surface area contributed by atoms with E-state index in [2.05, 4.69) is 4.98 Å². The van der Waals surface area contributed by atoms with Gasteiger partial charge in [0.05, 0.1) is 0 Å². The second kappa shape index (κ2) is 6.91. The Hall–Kier alpha value is -2.93. The molecule has 1 aliphatic rings. The zero-order valence-corrected chi connectivity index (χ0v) is 16.5. The number of hydrogen-bond donors (Lipinski definition) is 0. The Morgan fingerprint density at radius 2 is 1.89 bits per heavy atom. The van der Waals surface area contributed by atoms with Gasteiger partial charge < -0.3 is 9.08 Å². The maximum absolute atomic E-state index is 12.9. The summed E-state index contributed by atoms with van der Waals surface area (Å²) in [6.45, 7) is 4.20. The first-order chi connectivity index (χ1) is 13.3. The van der Waals surface area contributed by atoms with E-state index in [1.807, 2.05) is 25.1 Å². The molecule has 1 saturated heterocycles. The van der Waals surface area contributed by atoms with Gasteiger partial charge in [0.2, 0.25) is 5.91 Å². The number of fused-ring (bicyclic) bond motifs is 1. The van der Waals surface area contributed by atoms with Crippen molar-refractivity contribution >= 4 is 32.6 Å². The monoisotopic (exact) mass is 396 g/mol. The van der Waals surface area contributed by atoms with Gasteiger partial charge in [-0.15, -0.1) is 0 Å². The van der Waals surface area contributed by atoms with Gasteiger partial charge in [-0.3, -0.25) is 4.79 Å². The Balaban J connectivity index is 1.69. The van der Waals surface area contributed by atoms with Gasteiger partial charge in [-0.05, 0) is 56.2 Å². The van der Waals surface area contributed by atoms with Crippen molar-refractivity contribution in [1.82, 2.24) is 4.98 Å². The molecule has 0 spiro atoms. The molecular formula is C21H20N2O4S. The van der Waals surface area contributed by atoms with Gasteiger partial charge in [-0.1, -0.05) is 18.2 Å². The number of rotatable bonds is 4. The third kappa shape index (κ3) is 3.33. The molecule has 1 aromatic heterocycles. The van der Waals surface area contributed by atoms with E-state index in [0.717, 1.165) is 17.5 Å². The van der Waals surface area contributed by atoms with Crippen molar-refractivity contribution in [1.29, 1.82) is 0 Å². The largest absolute Gasteiger partial charge is 0.377 e. The van der Waals surface area contributed by atoms with Gasteiger partial charge in [0, 0.05) is 29.7 Å². The summed E-state index contributed by atoms with van der Waals surface area (Å²) < 4.78 is 31.3. The third-order valence-electron chi connectivity index (χ3n) is 4.83. The van der Waals surface area contributed by atoms with Crippen LogP contribution in [0.1, 0.15) is 24.1 Å². The lowest BCUT2D eigenvalue weighted by molar-refractivity contribution is -0.117. The molecule has 2 heterocycles. The first-order valence-electron chi connectivity index (χ1n) is 9.07. The van der Waals surface area contributed by atoms with Crippen LogP contribution in [-0.2, 0) is 14.9 Å². The summed E-state index contributed by atoms with van der Waals surface area (Å²) in [5.74, 6) is 0.253. The second-order valence-corrected chi connectivity index (χ2v) is 8.43. The van der Waals surface area contributed by atoms with Crippen LogP contribution in [0.25, 0.3) is 10.9 Å². The van der Waals surface area contributed by atoms with E-state index in [-0.39, 0.29) is 16.6 Å². The first-order valence-corrected chi connectivity index (χ1v) is 10.5. The maximum Gasteiger partial charge on any atom is 0.339 e. The van der Waals surface area contributed by atoms with Gasteiger partial charge in [-0.25, -0.2) is 4.98 Å². The predicted molar refractivity (Wildman–Crippen MR) is 107 cm³/mol. The molecule has 1 amide bonds. The van der Waals surface area contributed by atoms with E-state index in [9.17, 15) is 13.2 Å². The Morgan fingerprint density at radius 3 is 2.61 bits per heavy atom. The van der Waals surface area contributed by atoms with Crippen LogP contribution in [0.15, 0.2) is 53.4 Å². The van der Waals surface area contributed by atoms with Crippen molar-refractivity contribution < 1.29 is 17.4 Å². The number of hydrogen-bond acceptors (Lipinski definition) is 5. The number of pyridine rings is 1. The maximum atomic E-state index is 12.9. The highest BCUT2D eigenvalue weighted by atomic mass is 32.2. The average Bonchev–Trinajstić information content (AvgIpc) is 3.07. The summed E-state index contributed by atoms with van der Waals surface area (Å²) in [5, 5.41) is 0.804. The van der Waals surface area contributed by atoms with Gasteiger partial charge in [0.25, 0.3) is 0 Å². The molecule has 0 atom stereocenters. The normalized spacial score (nSPS) is 14.6. The number of aryl methyl sites for hydroxylation is 2. The lowest BCUT2D eigenvalue weighted by Crippen LogP contribution is -2.24. The SMILES string of the molecule is Cc1ccc2cccc(OS(=O)(=O)c3ccc(N4CCCC4=O)cc3C)c2n1. The molecule has 144 valence electrons. The summed E-state index contributed by atoms with van der Waals surface area (Å²) in [5.41, 5.74) is 2.52. The molecule has 0 saturated carbocycles. The smallest absolute Gasteiger partial charge is 0.339 e. The van der Waals surface area contributed by atoms with Crippen LogP contribution in [-0.4, -0.2) is 25.9 Å². The Labute approximate surface area is 163 Å². The standard InChI is InChI=1S/C21H20N2O4S/c1-14-13-17(23-12-4-7-20(23)24)10-11-19(14)28(25,26)27-18-6-3-5-16-9-8-15(2)22-21(16)18/h3,5-6,8-11,13H,4,7,12H2,1-2H3. The summed E-state index contributed by atoms with van der Waals surface area (Å²) in [6.07, 6.45) is 1.34. The van der Waals surface area contributed by atoms with Crippen LogP contribution in [0.3, 0.4) is 0 Å². The molecule has 0 bridgehead atoms. The quantitative estimate of drug-likeness (QED) is 0.628. The van der Waals surface area contributed by atoms with E-state index < -0.39 is 10.1 Å². The number of aromatic nitrogens is 1. The molecule has 4 rings (SSSR count). The highest BCUT2D eigenvalue weighted by molar-refractivity contribution is 7.87. The highest BCUT2D eigenvalue weighted by Gasteiger charge is 2.25. The summed E-state index contributed by atoms with van der Waals surface area (Å²) in [4.78, 5) is 18.1. The van der Waals surface area contributed by atoms with Crippen molar-refractivity contribution in [2.45, 2.75) is 31.6 Å². The van der Waals surface area contributed by atoms with Crippen LogP contribution in [0.5, 0.6) is 5.75 Å². The summed E-state index contributed by atoms with van der Waals surface area (Å²) in [6, 6.07) is 13.8. The topological polar surface area (TPSA) is 76.6 Å². The second-order valence-electron chi connectivity index (χ2n) is 6.92. The van der Waals surface area contributed by atoms with Gasteiger partial charge in [0.1, 0.15) is 10.4 Å². The third-order valence-corrected chi connectivity index (χ3v) is 6.23. The predicted octanol–water partition coefficient (Wildman–Crippen LogP) is 3.75. The molecule has 2 aromatic carbocycles. The molecule has 0 radical (unpaired) electrons. The van der Waals surface area contributed by atoms with Crippen LogP contribution >= 0.6 is 0 Å². The zero-order chi connectivity index (χ0) is 19.9. The fourth-order valence-corrected chi connectivity index (χ4v) is 4.60. The fraction of sp³-hybridized carbons (Fsp3) is 0.238. The molecule has 1 fully saturated rings. The van der Waals surface area contributed by atoms with Crippen LogP contribution in [0.4, 0.5) is 5.69 Å². The summed E-state index contributed by atoms with van der Waals surface area (Å²) in [7, 11) is -4.05. The number of carbonyl (C=O) groups is 1. The van der Waals surface area contributed by atoms with Crippen LogP contribution in [0.2, 0.25) is 0 Å². The van der Waals surface area contributed by atoms with E-state index in [4.69, 9.17) is 4.18 Å². The van der Waals surface area contributed by atoms with E-state index in [1.54, 1.807) is 36.1 Å². The molecule has 0 aliphatic carbocycles. The van der Waals surface area contributed by atoms with Crippen LogP contribution in [0, 0.1) is 13.8 Å². The molecular weight excluding hydrogens is 376 g/mol. The molecule has 28 heavy (non-hydrogen) atoms. The minimum atomic E-state index is -4.05. The van der Waals surface area contributed by atoms with Crippen molar-refractivity contribution in [3.63, 3.8) is 0 Å². The minimum Gasteiger partial charge on any atom is -0.377 e. The number of para-hydroxylation sites is 1. The van der Waals surface area contributed by atoms with Gasteiger partial charge in [-0.2, -0.15) is 8.42 Å². The summed E-state index contributed by atoms with van der Waals surface area (Å²) >= 11 is 0. The highest BCUT2D eigenvalue weighted by Crippen LogP contribution is 2.30. The lowest BCUT2D eigenvalue weighted by atomic mass is 10.2. The number of amides is 1. The molecule has 6 nitrogen and oxygen atoms in total. The Kier molecular flexibility index (Phi) is 4.55. The molecule has 3 aromatic rings. The number of carbonyl (C=O) groups excluding carboxylic acids is 1. The number of anilines is 1. The molecule has 0 N–H and O–H groups in total. The first kappa shape index (κ1) is 18.4. The Bertz CT molecular complexity index is 1190. The fourth-order valence-electron chi connectivity index (χ4n) is 3.45. The number of nitrogens with zero attached hydrogens (tertiary/aromatic N) is 2. The van der Waals surface area contributed by atoms with E-state index in [1.165, 1.54) is 6.07 Å². The van der Waals surface area contributed by atoms with Crippen molar-refractivity contribution in [2.24, 2.45) is 0 Å². The molecule has 7 heteroatoms. The van der Waals surface area contributed by atoms with Crippen molar-refractivity contribution in [3.8, 4) is 5.75 Å². The van der Waals surface area contributed by atoms with Crippen molar-refractivity contribution in [3.05, 3.63) is 59.8 Å². The average molecular weight is 396 g/mol. The minimum absolute atomic E-state index is 0.0588. The van der Waals surface area contributed by atoms with Crippen LogP contribution < -0.4 is 9.08 Å². The van der Waals surface area contributed by atoms with Gasteiger partial charge in [0.15, 0.2) is 5.75 Å². The van der Waals surface area contributed by atoms with E-state index in [0.29, 0.717) is 29.7 Å². The number of benzene rings is 2. The Morgan fingerprint density at radius 1 is 1.07 bits per heavy atom. The molecule has 1 aliphatic heterocycles. The lowest BCUT2D eigenvalue weighted by Gasteiger charge is -2.17.